The lowest BCUT2D eigenvalue weighted by Gasteiger charge is -2.33. The minimum atomic E-state index is -0.432. The zero-order valence-electron chi connectivity index (χ0n) is 13.7. The number of rotatable bonds is 3. The van der Waals surface area contributed by atoms with Crippen LogP contribution in [0.1, 0.15) is 45.7 Å². The molecule has 2 N–H and O–H groups in total. The van der Waals surface area contributed by atoms with E-state index in [2.05, 4.69) is 9.97 Å². The molecule has 1 aliphatic heterocycles. The van der Waals surface area contributed by atoms with Gasteiger partial charge in [0.15, 0.2) is 0 Å². The molecule has 1 aromatic rings. The third-order valence-electron chi connectivity index (χ3n) is 3.88. The van der Waals surface area contributed by atoms with Crippen molar-refractivity contribution in [3.63, 3.8) is 0 Å². The summed E-state index contributed by atoms with van der Waals surface area (Å²) in [5.41, 5.74) is 7.01. The number of nitrogens with zero attached hydrogens (tertiary/aromatic N) is 3. The number of aryl methyl sites for hydroxylation is 1. The van der Waals surface area contributed by atoms with Crippen LogP contribution < -0.4 is 5.73 Å². The molecule has 22 heavy (non-hydrogen) atoms. The van der Waals surface area contributed by atoms with Crippen LogP contribution in [-0.2, 0) is 11.2 Å². The number of likely N-dealkylation sites (tertiary alicyclic amines) is 1. The van der Waals surface area contributed by atoms with Crippen molar-refractivity contribution >= 4 is 11.8 Å². The van der Waals surface area contributed by atoms with Crippen molar-refractivity contribution in [2.75, 3.05) is 18.8 Å². The highest BCUT2D eigenvalue weighted by Gasteiger charge is 2.26. The predicted molar refractivity (Wildman–Crippen MR) is 85.3 cm³/mol. The molecule has 1 aromatic heterocycles. The number of hydrogen-bond acceptors (Lipinski definition) is 5. The summed E-state index contributed by atoms with van der Waals surface area (Å²) in [5, 5.41) is 0. The van der Waals surface area contributed by atoms with E-state index in [0.717, 1.165) is 44.5 Å². The Morgan fingerprint density at radius 2 is 2.09 bits per heavy atom. The van der Waals surface area contributed by atoms with Crippen LogP contribution >= 0.6 is 0 Å². The summed E-state index contributed by atoms with van der Waals surface area (Å²) < 4.78 is 5.41. The van der Waals surface area contributed by atoms with E-state index in [1.165, 1.54) is 6.33 Å². The van der Waals surface area contributed by atoms with Gasteiger partial charge in [-0.15, -0.1) is 0 Å². The van der Waals surface area contributed by atoms with Gasteiger partial charge in [-0.25, -0.2) is 14.8 Å². The number of aromatic nitrogens is 2. The van der Waals surface area contributed by atoms with Gasteiger partial charge in [0.05, 0.1) is 17.6 Å². The van der Waals surface area contributed by atoms with E-state index in [4.69, 9.17) is 10.5 Å². The molecule has 6 heteroatoms. The lowest BCUT2D eigenvalue weighted by atomic mass is 9.91. The normalized spacial score (nSPS) is 16.6. The average Bonchev–Trinajstić information content (AvgIpc) is 2.45. The molecule has 0 unspecified atom stereocenters. The van der Waals surface area contributed by atoms with Gasteiger partial charge in [-0.1, -0.05) is 0 Å². The van der Waals surface area contributed by atoms with Crippen LogP contribution in [0.25, 0.3) is 0 Å². The molecule has 0 radical (unpaired) electrons. The molecule has 0 aliphatic carbocycles. The van der Waals surface area contributed by atoms with Crippen molar-refractivity contribution in [3.05, 3.63) is 18.2 Å². The quantitative estimate of drug-likeness (QED) is 0.928. The number of anilines is 1. The van der Waals surface area contributed by atoms with Gasteiger partial charge in [0.2, 0.25) is 0 Å². The van der Waals surface area contributed by atoms with E-state index < -0.39 is 5.60 Å². The fourth-order valence-electron chi connectivity index (χ4n) is 2.65. The highest BCUT2D eigenvalue weighted by Crippen LogP contribution is 2.24. The number of carbonyl (C=O) groups is 1. The first kappa shape index (κ1) is 16.5. The van der Waals surface area contributed by atoms with Gasteiger partial charge in [-0.05, 0) is 52.4 Å². The number of carbonyl (C=O) groups excluding carboxylic acids is 1. The molecule has 0 atom stereocenters. The maximum absolute atomic E-state index is 12.0. The molecular weight excluding hydrogens is 280 g/mol. The number of hydrogen-bond donors (Lipinski definition) is 1. The van der Waals surface area contributed by atoms with Crippen LogP contribution in [-0.4, -0.2) is 39.7 Å². The van der Waals surface area contributed by atoms with E-state index in [0.29, 0.717) is 11.6 Å². The summed E-state index contributed by atoms with van der Waals surface area (Å²) in [7, 11) is 0. The standard InChI is InChI=1S/C16H26N4O2/c1-16(2,3)22-15(21)20-8-6-12(7-9-20)4-5-14-13(17)10-18-11-19-14/h10-12H,4-9,17H2,1-3H3. The second kappa shape index (κ2) is 6.94. The zero-order chi connectivity index (χ0) is 16.2. The molecule has 0 spiro atoms. The third kappa shape index (κ3) is 4.86. The Hall–Kier alpha value is -1.85. The smallest absolute Gasteiger partial charge is 0.410 e. The topological polar surface area (TPSA) is 81.3 Å². The number of nitrogen functional groups attached to an aromatic ring is 1. The molecule has 1 aliphatic rings. The second-order valence-corrected chi connectivity index (χ2v) is 6.87. The van der Waals surface area contributed by atoms with Crippen molar-refractivity contribution < 1.29 is 9.53 Å². The summed E-state index contributed by atoms with van der Waals surface area (Å²) in [6, 6.07) is 0. The van der Waals surface area contributed by atoms with Crippen molar-refractivity contribution in [1.29, 1.82) is 0 Å². The largest absolute Gasteiger partial charge is 0.444 e. The van der Waals surface area contributed by atoms with E-state index in [1.54, 1.807) is 11.1 Å². The van der Waals surface area contributed by atoms with Gasteiger partial charge in [0.25, 0.3) is 0 Å². The maximum Gasteiger partial charge on any atom is 0.410 e. The van der Waals surface area contributed by atoms with Crippen molar-refractivity contribution in [2.45, 2.75) is 52.1 Å². The second-order valence-electron chi connectivity index (χ2n) is 6.87. The summed E-state index contributed by atoms with van der Waals surface area (Å²) >= 11 is 0. The SMILES string of the molecule is CC(C)(C)OC(=O)N1CCC(CCc2ncncc2N)CC1. The molecule has 1 amide bonds. The van der Waals surface area contributed by atoms with Crippen LogP contribution in [0.3, 0.4) is 0 Å². The highest BCUT2D eigenvalue weighted by atomic mass is 16.6. The lowest BCUT2D eigenvalue weighted by Crippen LogP contribution is -2.41. The molecule has 0 aromatic carbocycles. The van der Waals surface area contributed by atoms with Crippen LogP contribution in [0.5, 0.6) is 0 Å². The van der Waals surface area contributed by atoms with E-state index >= 15 is 0 Å². The Bertz CT molecular complexity index is 505. The van der Waals surface area contributed by atoms with Crippen molar-refractivity contribution in [2.24, 2.45) is 5.92 Å². The van der Waals surface area contributed by atoms with Gasteiger partial charge in [0, 0.05) is 13.1 Å². The Labute approximate surface area is 132 Å². The van der Waals surface area contributed by atoms with Crippen LogP contribution in [0.2, 0.25) is 0 Å². The predicted octanol–water partition coefficient (Wildman–Crippen LogP) is 2.64. The fourth-order valence-corrected chi connectivity index (χ4v) is 2.65. The van der Waals surface area contributed by atoms with E-state index in [1.807, 2.05) is 20.8 Å². The lowest BCUT2D eigenvalue weighted by molar-refractivity contribution is 0.0181. The molecule has 2 heterocycles. The first-order valence-electron chi connectivity index (χ1n) is 7.87. The fraction of sp³-hybridized carbons (Fsp3) is 0.688. The Balaban J connectivity index is 1.76. The minimum Gasteiger partial charge on any atom is -0.444 e. The number of nitrogens with two attached hydrogens (primary N) is 1. The van der Waals surface area contributed by atoms with Crippen LogP contribution in [0, 0.1) is 5.92 Å². The molecule has 0 bridgehead atoms. The average molecular weight is 306 g/mol. The van der Waals surface area contributed by atoms with E-state index in [-0.39, 0.29) is 6.09 Å². The monoisotopic (exact) mass is 306 g/mol. The Morgan fingerprint density at radius 3 is 2.68 bits per heavy atom. The maximum atomic E-state index is 12.0. The zero-order valence-corrected chi connectivity index (χ0v) is 13.7. The molecule has 1 saturated heterocycles. The van der Waals surface area contributed by atoms with E-state index in [9.17, 15) is 4.79 Å². The molecule has 0 saturated carbocycles. The van der Waals surface area contributed by atoms with Gasteiger partial charge >= 0.3 is 6.09 Å². The molecule has 2 rings (SSSR count). The van der Waals surface area contributed by atoms with Crippen LogP contribution in [0.4, 0.5) is 10.5 Å². The van der Waals surface area contributed by atoms with Gasteiger partial charge in [0.1, 0.15) is 11.9 Å². The first-order chi connectivity index (χ1) is 10.3. The Kier molecular flexibility index (Phi) is 5.21. The summed E-state index contributed by atoms with van der Waals surface area (Å²) in [6.07, 6.45) is 6.90. The first-order valence-corrected chi connectivity index (χ1v) is 7.87. The number of amides is 1. The molecular formula is C16H26N4O2. The van der Waals surface area contributed by atoms with Crippen LogP contribution in [0.15, 0.2) is 12.5 Å². The number of piperidine rings is 1. The van der Waals surface area contributed by atoms with Gasteiger partial charge in [-0.2, -0.15) is 0 Å². The molecule has 6 nitrogen and oxygen atoms in total. The Morgan fingerprint density at radius 1 is 1.41 bits per heavy atom. The van der Waals surface area contributed by atoms with Gasteiger partial charge in [-0.3, -0.25) is 0 Å². The third-order valence-corrected chi connectivity index (χ3v) is 3.88. The summed E-state index contributed by atoms with van der Waals surface area (Å²) in [5.74, 6) is 0.605. The highest BCUT2D eigenvalue weighted by molar-refractivity contribution is 5.68. The summed E-state index contributed by atoms with van der Waals surface area (Å²) in [4.78, 5) is 22.0. The molecule has 122 valence electrons. The minimum absolute atomic E-state index is 0.203. The van der Waals surface area contributed by atoms with Crippen molar-refractivity contribution in [1.82, 2.24) is 14.9 Å². The van der Waals surface area contributed by atoms with Gasteiger partial charge < -0.3 is 15.4 Å². The molecule has 1 fully saturated rings. The van der Waals surface area contributed by atoms with Crippen molar-refractivity contribution in [3.8, 4) is 0 Å². The summed E-state index contributed by atoms with van der Waals surface area (Å²) in [6.45, 7) is 7.20. The number of ether oxygens (including phenoxy) is 1.